The first-order valence-electron chi connectivity index (χ1n) is 3.37. The molecule has 0 aromatic carbocycles. The van der Waals surface area contributed by atoms with Crippen molar-refractivity contribution in [3.8, 4) is 0 Å². The van der Waals surface area contributed by atoms with Crippen molar-refractivity contribution in [3.05, 3.63) is 51.2 Å². The first-order valence-corrected chi connectivity index (χ1v) is 5.13. The molecule has 0 saturated heterocycles. The van der Waals surface area contributed by atoms with Gasteiger partial charge in [-0.05, 0) is 22.9 Å². The molecule has 0 fully saturated rings. The Kier molecular flexibility index (Phi) is 2.06. The Bertz CT molecular complexity index is 260. The summed E-state index contributed by atoms with van der Waals surface area (Å²) in [5, 5.41) is 4.19. The largest absolute Gasteiger partial charge is 0.148 e. The van der Waals surface area contributed by atoms with Crippen molar-refractivity contribution in [2.75, 3.05) is 0 Å². The Morgan fingerprint density at radius 2 is 1.45 bits per heavy atom. The lowest BCUT2D eigenvalue weighted by atomic mass is 10.3. The second kappa shape index (κ2) is 3.20. The lowest BCUT2D eigenvalue weighted by molar-refractivity contribution is 1.63. The van der Waals surface area contributed by atoms with Crippen LogP contribution in [0.25, 0.3) is 0 Å². The van der Waals surface area contributed by atoms with Crippen LogP contribution in [0.5, 0.6) is 0 Å². The minimum Gasteiger partial charge on any atom is -0.148 e. The fourth-order valence-electron chi connectivity index (χ4n) is 0.887. The van der Waals surface area contributed by atoms with Gasteiger partial charge in [-0.3, -0.25) is 0 Å². The zero-order valence-electron chi connectivity index (χ0n) is 5.86. The van der Waals surface area contributed by atoms with Gasteiger partial charge in [0.25, 0.3) is 0 Å². The zero-order chi connectivity index (χ0) is 7.52. The number of thiophene rings is 2. The Morgan fingerprint density at radius 1 is 0.909 bits per heavy atom. The summed E-state index contributed by atoms with van der Waals surface area (Å²) in [6, 6.07) is 8.41. The molecule has 0 N–H and O–H groups in total. The Morgan fingerprint density at radius 3 is 1.82 bits per heavy atom. The number of hydrogen-bond donors (Lipinski definition) is 0. The first kappa shape index (κ1) is 7.07. The van der Waals surface area contributed by atoms with E-state index in [2.05, 4.69) is 41.4 Å². The van der Waals surface area contributed by atoms with Crippen LogP contribution in [0.4, 0.5) is 0 Å². The molecule has 0 amide bonds. The van der Waals surface area contributed by atoms with E-state index in [1.165, 1.54) is 9.75 Å². The van der Waals surface area contributed by atoms with E-state index in [-0.39, 0.29) is 0 Å². The average molecular weight is 179 g/mol. The summed E-state index contributed by atoms with van der Waals surface area (Å²) in [6.45, 7) is 0. The van der Waals surface area contributed by atoms with E-state index in [0.29, 0.717) is 0 Å². The highest BCUT2D eigenvalue weighted by Crippen LogP contribution is 2.19. The molecular formula is C9H7S2. The van der Waals surface area contributed by atoms with E-state index in [0.717, 1.165) is 0 Å². The van der Waals surface area contributed by atoms with E-state index in [4.69, 9.17) is 0 Å². The SMILES string of the molecule is [CH](c1cccs1)c1cccs1. The molecule has 2 rings (SSSR count). The predicted molar refractivity (Wildman–Crippen MR) is 51.1 cm³/mol. The van der Waals surface area contributed by atoms with Crippen molar-refractivity contribution in [3.63, 3.8) is 0 Å². The highest BCUT2D eigenvalue weighted by molar-refractivity contribution is 7.12. The van der Waals surface area contributed by atoms with Crippen LogP contribution < -0.4 is 0 Å². The fourth-order valence-corrected chi connectivity index (χ4v) is 2.29. The molecule has 0 saturated carbocycles. The lowest BCUT2D eigenvalue weighted by Crippen LogP contribution is -1.71. The summed E-state index contributed by atoms with van der Waals surface area (Å²) in [6.07, 6.45) is 2.20. The predicted octanol–water partition coefficient (Wildman–Crippen LogP) is 3.41. The summed E-state index contributed by atoms with van der Waals surface area (Å²) in [7, 11) is 0. The maximum Gasteiger partial charge on any atom is 0.0403 e. The van der Waals surface area contributed by atoms with E-state index in [9.17, 15) is 0 Å². The monoisotopic (exact) mass is 179 g/mol. The van der Waals surface area contributed by atoms with E-state index in [1.54, 1.807) is 22.7 Å². The maximum absolute atomic E-state index is 2.20. The molecule has 0 nitrogen and oxygen atoms in total. The molecule has 0 atom stereocenters. The van der Waals surface area contributed by atoms with Crippen LogP contribution in [0, 0.1) is 6.42 Å². The summed E-state index contributed by atoms with van der Waals surface area (Å²) in [5.74, 6) is 0. The van der Waals surface area contributed by atoms with Crippen molar-refractivity contribution in [1.82, 2.24) is 0 Å². The Balaban J connectivity index is 2.14. The smallest absolute Gasteiger partial charge is 0.0403 e. The molecule has 55 valence electrons. The van der Waals surface area contributed by atoms with Crippen LogP contribution in [0.3, 0.4) is 0 Å². The maximum atomic E-state index is 2.20. The molecule has 0 unspecified atom stereocenters. The first-order chi connectivity index (χ1) is 5.45. The van der Waals surface area contributed by atoms with E-state index < -0.39 is 0 Å². The molecule has 2 aromatic heterocycles. The highest BCUT2D eigenvalue weighted by atomic mass is 32.1. The van der Waals surface area contributed by atoms with Crippen molar-refractivity contribution in [2.45, 2.75) is 0 Å². The van der Waals surface area contributed by atoms with E-state index in [1.807, 2.05) is 0 Å². The van der Waals surface area contributed by atoms with Gasteiger partial charge in [-0.25, -0.2) is 0 Å². The van der Waals surface area contributed by atoms with Crippen molar-refractivity contribution < 1.29 is 0 Å². The number of rotatable bonds is 2. The minimum absolute atomic E-state index is 1.33. The molecular weight excluding hydrogens is 172 g/mol. The molecule has 0 aliphatic carbocycles. The normalized spacial score (nSPS) is 10.2. The molecule has 0 spiro atoms. The molecule has 2 heterocycles. The second-order valence-corrected chi connectivity index (χ2v) is 4.13. The van der Waals surface area contributed by atoms with Gasteiger partial charge in [-0.1, -0.05) is 12.1 Å². The van der Waals surface area contributed by atoms with Gasteiger partial charge in [0.2, 0.25) is 0 Å². The molecule has 0 bridgehead atoms. The van der Waals surface area contributed by atoms with Crippen molar-refractivity contribution in [1.29, 1.82) is 0 Å². The van der Waals surface area contributed by atoms with Gasteiger partial charge in [0.15, 0.2) is 0 Å². The van der Waals surface area contributed by atoms with Crippen molar-refractivity contribution in [2.24, 2.45) is 0 Å². The fraction of sp³-hybridized carbons (Fsp3) is 0. The topological polar surface area (TPSA) is 0 Å². The highest BCUT2D eigenvalue weighted by Gasteiger charge is 1.96. The van der Waals surface area contributed by atoms with Crippen LogP contribution in [-0.2, 0) is 0 Å². The third kappa shape index (κ3) is 1.70. The minimum atomic E-state index is 1.33. The van der Waals surface area contributed by atoms with Gasteiger partial charge >= 0.3 is 0 Å². The number of hydrogen-bond acceptors (Lipinski definition) is 2. The van der Waals surface area contributed by atoms with Crippen molar-refractivity contribution >= 4 is 22.7 Å². The molecule has 0 aliphatic heterocycles. The zero-order valence-corrected chi connectivity index (χ0v) is 7.49. The summed E-state index contributed by atoms with van der Waals surface area (Å²) in [4.78, 5) is 2.65. The van der Waals surface area contributed by atoms with Gasteiger partial charge < -0.3 is 0 Å². The van der Waals surface area contributed by atoms with Gasteiger partial charge in [0.1, 0.15) is 0 Å². The van der Waals surface area contributed by atoms with Gasteiger partial charge in [-0.2, -0.15) is 0 Å². The summed E-state index contributed by atoms with van der Waals surface area (Å²) in [5.41, 5.74) is 0. The van der Waals surface area contributed by atoms with Crippen LogP contribution in [-0.4, -0.2) is 0 Å². The molecule has 11 heavy (non-hydrogen) atoms. The Hall–Kier alpha value is -0.600. The third-order valence-corrected chi connectivity index (χ3v) is 3.01. The van der Waals surface area contributed by atoms with Crippen LogP contribution in [0.2, 0.25) is 0 Å². The summed E-state index contributed by atoms with van der Waals surface area (Å²) < 4.78 is 0. The lowest BCUT2D eigenvalue weighted by Gasteiger charge is -1.89. The van der Waals surface area contributed by atoms with Gasteiger partial charge in [-0.15, -0.1) is 22.7 Å². The second-order valence-electron chi connectivity index (χ2n) is 2.18. The quantitative estimate of drug-likeness (QED) is 0.662. The average Bonchev–Trinajstić information content (AvgIpc) is 2.60. The molecule has 2 heteroatoms. The van der Waals surface area contributed by atoms with E-state index >= 15 is 0 Å². The van der Waals surface area contributed by atoms with Crippen LogP contribution in [0.1, 0.15) is 9.75 Å². The molecule has 1 radical (unpaired) electrons. The van der Waals surface area contributed by atoms with Gasteiger partial charge in [0.05, 0.1) is 0 Å². The standard InChI is InChI=1S/C9H7S2/c1-3-8(10-5-1)7-9-4-2-6-11-9/h1-7H. The molecule has 2 aromatic rings. The van der Waals surface area contributed by atoms with Crippen LogP contribution >= 0.6 is 22.7 Å². The van der Waals surface area contributed by atoms with Gasteiger partial charge in [0, 0.05) is 16.2 Å². The third-order valence-electron chi connectivity index (χ3n) is 1.37. The van der Waals surface area contributed by atoms with Crippen LogP contribution in [0.15, 0.2) is 35.0 Å². The molecule has 0 aliphatic rings. The summed E-state index contributed by atoms with van der Waals surface area (Å²) >= 11 is 3.54. The Labute approximate surface area is 74.1 Å².